The van der Waals surface area contributed by atoms with E-state index < -0.39 is 41.9 Å². The molecule has 0 aliphatic carbocycles. The van der Waals surface area contributed by atoms with Crippen molar-refractivity contribution in [1.29, 1.82) is 0 Å². The minimum absolute atomic E-state index is 0.218. The molecule has 11 nitrogen and oxygen atoms in total. The summed E-state index contributed by atoms with van der Waals surface area (Å²) in [4.78, 5) is 49.8. The second-order valence-corrected chi connectivity index (χ2v) is 7.22. The summed E-state index contributed by atoms with van der Waals surface area (Å²) >= 11 is 6.12. The summed E-state index contributed by atoms with van der Waals surface area (Å²) in [6, 6.07) is 1.66. The van der Waals surface area contributed by atoms with E-state index in [0.29, 0.717) is 11.0 Å². The molecule has 2 aromatic rings. The van der Waals surface area contributed by atoms with Crippen LogP contribution in [0.3, 0.4) is 0 Å². The van der Waals surface area contributed by atoms with Gasteiger partial charge >= 0.3 is 11.9 Å². The van der Waals surface area contributed by atoms with E-state index in [-0.39, 0.29) is 5.15 Å². The molecule has 162 valence electrons. The Labute approximate surface area is 176 Å². The molecule has 0 spiro atoms. The van der Waals surface area contributed by atoms with Gasteiger partial charge in [-0.3, -0.25) is 19.2 Å². The van der Waals surface area contributed by atoms with Crippen molar-refractivity contribution in [3.05, 3.63) is 23.7 Å². The van der Waals surface area contributed by atoms with Crippen molar-refractivity contribution in [2.45, 2.75) is 44.8 Å². The molecule has 4 atom stereocenters. The number of fused-ring (bicyclic) bond motifs is 1. The van der Waals surface area contributed by atoms with Gasteiger partial charge in [-0.25, -0.2) is 15.0 Å². The minimum Gasteiger partial charge on any atom is -0.453 e. The van der Waals surface area contributed by atoms with Gasteiger partial charge in [-0.15, -0.1) is 0 Å². The average Bonchev–Trinajstić information content (AvgIpc) is 3.20. The first-order valence-electron chi connectivity index (χ1n) is 8.91. The molecule has 12 heteroatoms. The maximum absolute atomic E-state index is 12.9. The maximum Gasteiger partial charge on any atom is 0.303 e. The average molecular weight is 441 g/mol. The first kappa shape index (κ1) is 21.9. The number of rotatable bonds is 5. The van der Waals surface area contributed by atoms with Crippen LogP contribution in [-0.4, -0.2) is 69.4 Å². The van der Waals surface area contributed by atoms with Crippen molar-refractivity contribution in [2.24, 2.45) is 0 Å². The summed E-state index contributed by atoms with van der Waals surface area (Å²) in [7, 11) is 2.68. The number of halogens is 1. The molecule has 3 rings (SSSR count). The van der Waals surface area contributed by atoms with E-state index in [1.807, 2.05) is 0 Å². The van der Waals surface area contributed by atoms with Gasteiger partial charge in [-0.1, -0.05) is 11.6 Å². The van der Waals surface area contributed by atoms with Crippen molar-refractivity contribution >= 4 is 40.5 Å². The Morgan fingerprint density at radius 2 is 1.97 bits per heavy atom. The van der Waals surface area contributed by atoms with Gasteiger partial charge in [-0.2, -0.15) is 0 Å². The van der Waals surface area contributed by atoms with Gasteiger partial charge in [0.25, 0.3) is 5.91 Å². The van der Waals surface area contributed by atoms with Crippen LogP contribution in [0.2, 0.25) is 5.15 Å². The SMILES string of the molecule is CON(C)C(=O)[C@H]1OC(n2ccc3c(Cl)ncnc32)[C@H](OC(C)=O)[C@]1(C)OC(C)=O. The summed E-state index contributed by atoms with van der Waals surface area (Å²) in [6.07, 6.45) is -0.698. The van der Waals surface area contributed by atoms with E-state index >= 15 is 0 Å². The lowest BCUT2D eigenvalue weighted by Crippen LogP contribution is -2.55. The molecule has 1 fully saturated rings. The first-order valence-corrected chi connectivity index (χ1v) is 9.29. The smallest absolute Gasteiger partial charge is 0.303 e. The van der Waals surface area contributed by atoms with Crippen LogP contribution >= 0.6 is 11.6 Å². The highest BCUT2D eigenvalue weighted by molar-refractivity contribution is 6.33. The lowest BCUT2D eigenvalue weighted by molar-refractivity contribution is -0.197. The summed E-state index contributed by atoms with van der Waals surface area (Å²) in [5.74, 6) is -1.96. The number of hydroxylamine groups is 2. The van der Waals surface area contributed by atoms with E-state index in [1.165, 1.54) is 41.3 Å². The highest BCUT2D eigenvalue weighted by Crippen LogP contribution is 2.44. The minimum atomic E-state index is -1.65. The fraction of sp³-hybridized carbons (Fsp3) is 0.500. The van der Waals surface area contributed by atoms with E-state index in [2.05, 4.69) is 9.97 Å². The molecule has 0 saturated carbocycles. The second kappa shape index (κ2) is 8.17. The number of carbonyl (C=O) groups excluding carboxylic acids is 3. The monoisotopic (exact) mass is 440 g/mol. The van der Waals surface area contributed by atoms with Crippen LogP contribution < -0.4 is 0 Å². The van der Waals surface area contributed by atoms with Crippen molar-refractivity contribution in [2.75, 3.05) is 14.2 Å². The third kappa shape index (κ3) is 3.71. The number of hydrogen-bond acceptors (Lipinski definition) is 9. The Bertz CT molecular complexity index is 996. The summed E-state index contributed by atoms with van der Waals surface area (Å²) in [5, 5.41) is 1.68. The van der Waals surface area contributed by atoms with Gasteiger partial charge in [-0.05, 0) is 13.0 Å². The highest BCUT2D eigenvalue weighted by Gasteiger charge is 2.62. The number of hydrogen-bond donors (Lipinski definition) is 0. The van der Waals surface area contributed by atoms with E-state index in [1.54, 1.807) is 16.8 Å². The number of likely N-dealkylation sites (N-methyl/N-ethyl adjacent to an activating group) is 1. The third-order valence-corrected chi connectivity index (χ3v) is 5.12. The van der Waals surface area contributed by atoms with Crippen LogP contribution in [0.5, 0.6) is 0 Å². The fourth-order valence-electron chi connectivity index (χ4n) is 3.47. The van der Waals surface area contributed by atoms with Gasteiger partial charge in [0.05, 0.1) is 12.5 Å². The predicted molar refractivity (Wildman–Crippen MR) is 102 cm³/mol. The molecule has 0 N–H and O–H groups in total. The number of amides is 1. The van der Waals surface area contributed by atoms with E-state index in [0.717, 1.165) is 5.06 Å². The van der Waals surface area contributed by atoms with Gasteiger partial charge < -0.3 is 18.8 Å². The summed E-state index contributed by atoms with van der Waals surface area (Å²) < 4.78 is 18.5. The molecular formula is C18H21ClN4O7. The van der Waals surface area contributed by atoms with Crippen molar-refractivity contribution < 1.29 is 33.4 Å². The molecule has 3 heterocycles. The molecule has 2 aromatic heterocycles. The van der Waals surface area contributed by atoms with Crippen LogP contribution in [0.15, 0.2) is 18.6 Å². The number of esters is 2. The Balaban J connectivity index is 2.15. The molecule has 1 unspecified atom stereocenters. The fourth-order valence-corrected chi connectivity index (χ4v) is 3.66. The van der Waals surface area contributed by atoms with Gasteiger partial charge in [0.1, 0.15) is 17.1 Å². The van der Waals surface area contributed by atoms with Crippen LogP contribution in [0.4, 0.5) is 0 Å². The van der Waals surface area contributed by atoms with E-state index in [9.17, 15) is 14.4 Å². The Hall–Kier alpha value is -2.76. The van der Waals surface area contributed by atoms with Gasteiger partial charge in [0, 0.05) is 27.1 Å². The summed E-state index contributed by atoms with van der Waals surface area (Å²) in [6.45, 7) is 3.85. The molecule has 1 aliphatic heterocycles. The van der Waals surface area contributed by atoms with Crippen LogP contribution in [-0.2, 0) is 33.4 Å². The molecule has 0 aromatic carbocycles. The first-order chi connectivity index (χ1) is 14.1. The molecule has 1 amide bonds. The Kier molecular flexibility index (Phi) is 5.97. The number of carbonyl (C=O) groups is 3. The molecule has 0 bridgehead atoms. The van der Waals surface area contributed by atoms with Gasteiger partial charge in [0.2, 0.25) is 0 Å². The number of ether oxygens (including phenoxy) is 3. The van der Waals surface area contributed by atoms with Crippen molar-refractivity contribution in [1.82, 2.24) is 19.6 Å². The topological polar surface area (TPSA) is 122 Å². The highest BCUT2D eigenvalue weighted by atomic mass is 35.5. The number of nitrogens with zero attached hydrogens (tertiary/aromatic N) is 4. The van der Waals surface area contributed by atoms with Crippen molar-refractivity contribution in [3.63, 3.8) is 0 Å². The second-order valence-electron chi connectivity index (χ2n) is 6.86. The largest absolute Gasteiger partial charge is 0.453 e. The zero-order valence-electron chi connectivity index (χ0n) is 17.0. The number of aromatic nitrogens is 3. The molecule has 0 radical (unpaired) electrons. The summed E-state index contributed by atoms with van der Waals surface area (Å²) in [5.41, 5.74) is -1.27. The lowest BCUT2D eigenvalue weighted by Gasteiger charge is -2.34. The zero-order chi connectivity index (χ0) is 22.2. The maximum atomic E-state index is 12.9. The molecule has 1 aliphatic rings. The predicted octanol–water partition coefficient (Wildman–Crippen LogP) is 1.26. The van der Waals surface area contributed by atoms with Crippen molar-refractivity contribution in [3.8, 4) is 0 Å². The zero-order valence-corrected chi connectivity index (χ0v) is 17.7. The standard InChI is InChI=1S/C18H21ClN4O7/c1-9(24)28-13-17(23-7-6-11-14(19)20-8-21-15(11)23)29-12(16(26)22(4)27-5)18(13,3)30-10(2)25/h6-8,12-13,17H,1-5H3/t12-,13+,17?,18-/m1/s1. The third-order valence-electron chi connectivity index (χ3n) is 4.82. The Morgan fingerprint density at radius 3 is 2.57 bits per heavy atom. The molecule has 30 heavy (non-hydrogen) atoms. The quantitative estimate of drug-likeness (QED) is 0.384. The normalized spacial score (nSPS) is 25.9. The van der Waals surface area contributed by atoms with Crippen LogP contribution in [0.1, 0.15) is 27.0 Å². The lowest BCUT2D eigenvalue weighted by atomic mass is 9.93. The molecule has 1 saturated heterocycles. The molecular weight excluding hydrogens is 420 g/mol. The van der Waals surface area contributed by atoms with Gasteiger partial charge in [0.15, 0.2) is 24.0 Å². The van der Waals surface area contributed by atoms with Crippen LogP contribution in [0.25, 0.3) is 11.0 Å². The van der Waals surface area contributed by atoms with Crippen LogP contribution in [0, 0.1) is 0 Å². The Morgan fingerprint density at radius 1 is 1.27 bits per heavy atom. The van der Waals surface area contributed by atoms with E-state index in [4.69, 9.17) is 30.6 Å².